The number of halogens is 1. The van der Waals surface area contributed by atoms with Crippen LogP contribution in [0.25, 0.3) is 0 Å². The highest BCUT2D eigenvalue weighted by molar-refractivity contribution is 5.51. The molecular weight excluding hydrogens is 261 g/mol. The average Bonchev–Trinajstić information content (AvgIpc) is 1.93. The van der Waals surface area contributed by atoms with Gasteiger partial charge in [-0.1, -0.05) is 12.1 Å². The smallest absolute Gasteiger partial charge is 0.395 e. The molecular formula is C6H6INO3. The van der Waals surface area contributed by atoms with E-state index >= 15 is 0 Å². The molecule has 1 aromatic carbocycles. The third kappa shape index (κ3) is 2.52. The predicted octanol–water partition coefficient (Wildman–Crippen LogP) is -4.26. The molecule has 0 fully saturated rings. The maximum absolute atomic E-state index is 10.2. The van der Waals surface area contributed by atoms with Crippen LogP contribution in [0, 0.1) is 0 Å². The Morgan fingerprint density at radius 1 is 1.27 bits per heavy atom. The van der Waals surface area contributed by atoms with Crippen LogP contribution >= 0.6 is 0 Å². The summed E-state index contributed by atoms with van der Waals surface area (Å²) >= 11 is -3.66. The molecule has 0 unspecified atom stereocenters. The van der Waals surface area contributed by atoms with Crippen molar-refractivity contribution in [2.24, 2.45) is 0 Å². The van der Waals surface area contributed by atoms with Crippen LogP contribution in [0.1, 0.15) is 0 Å². The first-order chi connectivity index (χ1) is 5.20. The lowest BCUT2D eigenvalue weighted by Crippen LogP contribution is -4.00. The van der Waals surface area contributed by atoms with E-state index < -0.39 is 21.1 Å². The monoisotopic (exact) mass is 267 g/mol. The van der Waals surface area contributed by atoms with E-state index in [-0.39, 0.29) is 5.75 Å². The van der Waals surface area contributed by atoms with E-state index in [1.54, 1.807) is 18.2 Å². The van der Waals surface area contributed by atoms with E-state index in [1.807, 2.05) is 0 Å². The van der Waals surface area contributed by atoms with E-state index in [9.17, 15) is 6.87 Å². The Morgan fingerprint density at radius 3 is 2.45 bits per heavy atom. The van der Waals surface area contributed by atoms with Gasteiger partial charge in [-0.2, -0.15) is 0 Å². The third-order valence-electron chi connectivity index (χ3n) is 1.07. The largest absolute Gasteiger partial charge is 0.570 e. The minimum Gasteiger partial charge on any atom is -0.395 e. The first kappa shape index (κ1) is 8.57. The summed E-state index contributed by atoms with van der Waals surface area (Å²) < 4.78 is 24.8. The molecule has 2 N–H and O–H groups in total. The molecule has 1 aromatic rings. The first-order valence-electron chi connectivity index (χ1n) is 2.78. The van der Waals surface area contributed by atoms with Crippen molar-refractivity contribution in [3.63, 3.8) is 0 Å². The lowest BCUT2D eigenvalue weighted by molar-refractivity contribution is -1.62. The molecule has 0 aromatic heterocycles. The number of hydrogen-bond donors (Lipinski definition) is 1. The van der Waals surface area contributed by atoms with Crippen LogP contribution in [0.4, 0.5) is 5.69 Å². The Balaban J connectivity index is 2.78. The molecule has 0 saturated heterocycles. The molecule has 0 saturated carbocycles. The van der Waals surface area contributed by atoms with Crippen LogP contribution < -0.4 is 36.7 Å². The predicted molar refractivity (Wildman–Crippen MR) is 31.5 cm³/mol. The van der Waals surface area contributed by atoms with Crippen molar-refractivity contribution in [2.75, 3.05) is 5.73 Å². The standard InChI is InChI=1S/C6H6INO3/c8-5-3-1-2-4-6(5)11-7(9)10/h1-4H,8H2. The van der Waals surface area contributed by atoms with E-state index in [2.05, 4.69) is 3.07 Å². The van der Waals surface area contributed by atoms with E-state index in [1.165, 1.54) is 6.07 Å². The fourth-order valence-corrected chi connectivity index (χ4v) is 1.41. The molecule has 11 heavy (non-hydrogen) atoms. The Labute approximate surface area is 72.6 Å². The van der Waals surface area contributed by atoms with Crippen molar-refractivity contribution >= 4 is 5.69 Å². The molecule has 60 valence electrons. The fraction of sp³-hybridized carbons (Fsp3) is 0. The molecule has 0 bridgehead atoms. The molecule has 4 nitrogen and oxygen atoms in total. The maximum Gasteiger partial charge on any atom is 0.570 e. The summed E-state index contributed by atoms with van der Waals surface area (Å²) in [5.74, 6) is 0.211. The van der Waals surface area contributed by atoms with Crippen LogP contribution in [0.2, 0.25) is 0 Å². The fourth-order valence-electron chi connectivity index (χ4n) is 0.619. The molecule has 0 heterocycles. The van der Waals surface area contributed by atoms with E-state index in [0.717, 1.165) is 0 Å². The van der Waals surface area contributed by atoms with Crippen LogP contribution in [0.5, 0.6) is 5.75 Å². The Bertz CT molecular complexity index is 241. The molecule has 0 aliphatic rings. The molecule has 5 heteroatoms. The second kappa shape index (κ2) is 3.74. The molecule has 0 aliphatic carbocycles. The summed E-state index contributed by atoms with van der Waals surface area (Å²) in [5, 5.41) is 0. The molecule has 1 rings (SSSR count). The maximum atomic E-state index is 10.2. The van der Waals surface area contributed by atoms with Crippen LogP contribution in [0.15, 0.2) is 24.3 Å². The number of nitrogens with two attached hydrogens (primary N) is 1. The Kier molecular flexibility index (Phi) is 2.92. The number of benzene rings is 1. The SMILES string of the molecule is Nc1ccccc1O[I+2]([O-])[O-]. The minimum atomic E-state index is -3.66. The number of rotatable bonds is 2. The van der Waals surface area contributed by atoms with Crippen LogP contribution in [-0.2, 0) is 0 Å². The summed E-state index contributed by atoms with van der Waals surface area (Å²) in [6.45, 7) is 0. The summed E-state index contributed by atoms with van der Waals surface area (Å²) in [7, 11) is 0. The van der Waals surface area contributed by atoms with Crippen LogP contribution in [-0.4, -0.2) is 0 Å². The van der Waals surface area contributed by atoms with E-state index in [4.69, 9.17) is 5.73 Å². The van der Waals surface area contributed by atoms with Crippen molar-refractivity contribution in [2.45, 2.75) is 0 Å². The lowest BCUT2D eigenvalue weighted by atomic mass is 10.3. The van der Waals surface area contributed by atoms with Crippen molar-refractivity contribution in [3.05, 3.63) is 24.3 Å². The number of nitrogen functional groups attached to an aromatic ring is 1. The van der Waals surface area contributed by atoms with Crippen molar-refractivity contribution < 1.29 is 31.0 Å². The highest BCUT2D eigenvalue weighted by Crippen LogP contribution is 2.16. The zero-order valence-corrected chi connectivity index (χ0v) is 7.65. The molecule has 0 radical (unpaired) electrons. The van der Waals surface area contributed by atoms with Gasteiger partial charge in [0.05, 0.1) is 5.69 Å². The Morgan fingerprint density at radius 2 is 1.91 bits per heavy atom. The zero-order valence-electron chi connectivity index (χ0n) is 5.49. The van der Waals surface area contributed by atoms with Gasteiger partial charge in [-0.25, -0.2) is 0 Å². The summed E-state index contributed by atoms with van der Waals surface area (Å²) in [6, 6.07) is 6.45. The molecule has 0 aliphatic heterocycles. The third-order valence-corrected chi connectivity index (χ3v) is 1.90. The zero-order chi connectivity index (χ0) is 8.27. The number of para-hydroxylation sites is 2. The Hall–Kier alpha value is -0.530. The van der Waals surface area contributed by atoms with Gasteiger partial charge in [0, 0.05) is 0 Å². The lowest BCUT2D eigenvalue weighted by Gasteiger charge is -1.96. The number of hydrogen-bond acceptors (Lipinski definition) is 4. The van der Waals surface area contributed by atoms with Crippen LogP contribution in [0.3, 0.4) is 0 Å². The molecule has 0 atom stereocenters. The van der Waals surface area contributed by atoms with Gasteiger partial charge in [0.2, 0.25) is 5.75 Å². The van der Waals surface area contributed by atoms with Gasteiger partial charge in [-0.05, 0) is 12.1 Å². The van der Waals surface area contributed by atoms with Gasteiger partial charge < -0.3 is 12.6 Å². The quantitative estimate of drug-likeness (QED) is 0.434. The molecule has 0 amide bonds. The second-order valence-electron chi connectivity index (χ2n) is 1.80. The second-order valence-corrected chi connectivity index (χ2v) is 3.32. The average molecular weight is 267 g/mol. The van der Waals surface area contributed by atoms with Gasteiger partial charge in [-0.3, -0.25) is 0 Å². The summed E-state index contributed by atoms with van der Waals surface area (Å²) in [4.78, 5) is 0. The highest BCUT2D eigenvalue weighted by Gasteiger charge is 2.15. The summed E-state index contributed by atoms with van der Waals surface area (Å²) in [6.07, 6.45) is 0. The first-order valence-corrected chi connectivity index (χ1v) is 5.43. The van der Waals surface area contributed by atoms with Gasteiger partial charge in [0.25, 0.3) is 0 Å². The van der Waals surface area contributed by atoms with Crippen molar-refractivity contribution in [3.8, 4) is 5.75 Å². The molecule has 0 spiro atoms. The minimum absolute atomic E-state index is 0.211. The van der Waals surface area contributed by atoms with Gasteiger partial charge in [0.1, 0.15) is 0 Å². The highest BCUT2D eigenvalue weighted by atomic mass is 127. The van der Waals surface area contributed by atoms with Crippen molar-refractivity contribution in [1.82, 2.24) is 0 Å². The normalized spacial score (nSPS) is 10.1. The summed E-state index contributed by atoms with van der Waals surface area (Å²) in [5.41, 5.74) is 5.73. The topological polar surface area (TPSA) is 81.4 Å². The van der Waals surface area contributed by atoms with Gasteiger partial charge in [-0.15, -0.1) is 3.07 Å². The van der Waals surface area contributed by atoms with Gasteiger partial charge >= 0.3 is 21.1 Å². The van der Waals surface area contributed by atoms with Crippen molar-refractivity contribution in [1.29, 1.82) is 0 Å². The van der Waals surface area contributed by atoms with Gasteiger partial charge in [0.15, 0.2) is 0 Å². The number of anilines is 1. The van der Waals surface area contributed by atoms with E-state index in [0.29, 0.717) is 5.69 Å².